The minimum atomic E-state index is -0.498. The van der Waals surface area contributed by atoms with E-state index >= 15 is 0 Å². The first-order valence-corrected chi connectivity index (χ1v) is 8.21. The van der Waals surface area contributed by atoms with Gasteiger partial charge in [-0.05, 0) is 24.6 Å². The predicted molar refractivity (Wildman–Crippen MR) is 101 cm³/mol. The average Bonchev–Trinajstić information content (AvgIpc) is 2.68. The van der Waals surface area contributed by atoms with Crippen LogP contribution in [-0.4, -0.2) is 10.9 Å². The Kier molecular flexibility index (Phi) is 4.95. The number of benzene rings is 2. The highest BCUT2D eigenvalue weighted by Crippen LogP contribution is 2.23. The zero-order valence-corrected chi connectivity index (χ0v) is 14.3. The summed E-state index contributed by atoms with van der Waals surface area (Å²) in [4.78, 5) is 16.9. The summed E-state index contributed by atoms with van der Waals surface area (Å²) in [6, 6.07) is 20.4. The molecule has 5 heteroatoms. The molecule has 1 heterocycles. The normalized spacial score (nSPS) is 12.8. The SMILES string of the molecule is C[C@H](NC(=O)/C(C#N)=C(\N)c1ccnc2ccccc12)c1ccccc1. The number of nitriles is 1. The minimum absolute atomic E-state index is 0.107. The van der Waals surface area contributed by atoms with Crippen molar-refractivity contribution in [2.75, 3.05) is 0 Å². The summed E-state index contributed by atoms with van der Waals surface area (Å²) >= 11 is 0. The Balaban J connectivity index is 1.96. The van der Waals surface area contributed by atoms with Crippen molar-refractivity contribution in [2.45, 2.75) is 13.0 Å². The molecule has 1 amide bonds. The van der Waals surface area contributed by atoms with Crippen LogP contribution < -0.4 is 11.1 Å². The lowest BCUT2D eigenvalue weighted by molar-refractivity contribution is -0.117. The van der Waals surface area contributed by atoms with Gasteiger partial charge in [-0.25, -0.2) is 0 Å². The monoisotopic (exact) mass is 342 g/mol. The number of aromatic nitrogens is 1. The number of nitrogens with two attached hydrogens (primary N) is 1. The van der Waals surface area contributed by atoms with Gasteiger partial charge in [-0.15, -0.1) is 0 Å². The fourth-order valence-electron chi connectivity index (χ4n) is 2.79. The first-order valence-electron chi connectivity index (χ1n) is 8.21. The van der Waals surface area contributed by atoms with Gasteiger partial charge in [0.25, 0.3) is 5.91 Å². The number of para-hydroxylation sites is 1. The molecular formula is C21H18N4O. The van der Waals surface area contributed by atoms with Crippen molar-refractivity contribution in [3.63, 3.8) is 0 Å². The number of nitrogens with one attached hydrogen (secondary N) is 1. The summed E-state index contributed by atoms with van der Waals surface area (Å²) in [5.74, 6) is -0.498. The number of pyridine rings is 1. The van der Waals surface area contributed by atoms with Gasteiger partial charge in [-0.1, -0.05) is 48.5 Å². The van der Waals surface area contributed by atoms with Crippen molar-refractivity contribution < 1.29 is 4.79 Å². The van der Waals surface area contributed by atoms with Crippen LogP contribution >= 0.6 is 0 Å². The maximum atomic E-state index is 12.6. The zero-order valence-electron chi connectivity index (χ0n) is 14.3. The Morgan fingerprint density at radius 3 is 2.54 bits per heavy atom. The van der Waals surface area contributed by atoms with E-state index in [1.165, 1.54) is 0 Å². The van der Waals surface area contributed by atoms with E-state index in [1.807, 2.05) is 67.6 Å². The Morgan fingerprint density at radius 1 is 1.12 bits per heavy atom. The van der Waals surface area contributed by atoms with Crippen LogP contribution in [-0.2, 0) is 4.79 Å². The third-order valence-corrected chi connectivity index (χ3v) is 4.19. The van der Waals surface area contributed by atoms with Crippen molar-refractivity contribution in [3.8, 4) is 6.07 Å². The summed E-state index contributed by atoms with van der Waals surface area (Å²) in [6.45, 7) is 1.86. The molecule has 0 radical (unpaired) electrons. The number of nitrogens with zero attached hydrogens (tertiary/aromatic N) is 2. The van der Waals surface area contributed by atoms with Crippen molar-refractivity contribution in [3.05, 3.63) is 83.6 Å². The molecule has 2 aromatic carbocycles. The number of amides is 1. The molecule has 1 atom stereocenters. The van der Waals surface area contributed by atoms with Crippen molar-refractivity contribution in [1.29, 1.82) is 5.26 Å². The van der Waals surface area contributed by atoms with Crippen LogP contribution in [0.3, 0.4) is 0 Å². The standard InChI is InChI=1S/C21H18N4O/c1-14(15-7-3-2-4-8-15)25-21(26)18(13-22)20(23)17-11-12-24-19-10-6-5-9-16(17)19/h2-12,14H,23H2,1H3,(H,25,26)/b20-18-/t14-/m0/s1. The van der Waals surface area contributed by atoms with Crippen molar-refractivity contribution >= 4 is 22.5 Å². The number of rotatable bonds is 4. The highest BCUT2D eigenvalue weighted by molar-refractivity contribution is 6.07. The highest BCUT2D eigenvalue weighted by atomic mass is 16.1. The number of carbonyl (C=O) groups excluding carboxylic acids is 1. The molecule has 3 rings (SSSR count). The molecular weight excluding hydrogens is 324 g/mol. The van der Waals surface area contributed by atoms with Gasteiger partial charge >= 0.3 is 0 Å². The van der Waals surface area contributed by atoms with Crippen LogP contribution in [0.1, 0.15) is 24.1 Å². The lowest BCUT2D eigenvalue weighted by Crippen LogP contribution is -2.29. The van der Waals surface area contributed by atoms with Gasteiger partial charge in [-0.2, -0.15) is 5.26 Å². The second-order valence-corrected chi connectivity index (χ2v) is 5.88. The Hall–Kier alpha value is -3.65. The van der Waals surface area contributed by atoms with Crippen LogP contribution in [0.15, 0.2) is 72.4 Å². The second kappa shape index (κ2) is 7.49. The summed E-state index contributed by atoms with van der Waals surface area (Å²) in [5, 5.41) is 13.1. The summed E-state index contributed by atoms with van der Waals surface area (Å²) in [7, 11) is 0. The van der Waals surface area contributed by atoms with E-state index < -0.39 is 5.91 Å². The predicted octanol–water partition coefficient (Wildman–Crippen LogP) is 3.31. The minimum Gasteiger partial charge on any atom is -0.397 e. The first kappa shape index (κ1) is 17.2. The molecule has 1 aromatic heterocycles. The molecule has 0 fully saturated rings. The van der Waals surface area contributed by atoms with Crippen LogP contribution in [0, 0.1) is 11.3 Å². The van der Waals surface area contributed by atoms with Gasteiger partial charge in [0.05, 0.1) is 17.3 Å². The van der Waals surface area contributed by atoms with E-state index in [-0.39, 0.29) is 17.3 Å². The molecule has 0 saturated carbocycles. The first-order chi connectivity index (χ1) is 12.6. The Labute approximate surface area is 151 Å². The smallest absolute Gasteiger partial charge is 0.264 e. The Bertz CT molecular complexity index is 1010. The second-order valence-electron chi connectivity index (χ2n) is 5.88. The topological polar surface area (TPSA) is 91.8 Å². The molecule has 5 nitrogen and oxygen atoms in total. The average molecular weight is 342 g/mol. The fraction of sp³-hybridized carbons (Fsp3) is 0.0952. The zero-order chi connectivity index (χ0) is 18.5. The molecule has 0 aliphatic carbocycles. The van der Waals surface area contributed by atoms with E-state index in [9.17, 15) is 10.1 Å². The molecule has 0 aliphatic heterocycles. The van der Waals surface area contributed by atoms with Gasteiger partial charge in [0.1, 0.15) is 11.6 Å². The maximum absolute atomic E-state index is 12.6. The molecule has 0 spiro atoms. The van der Waals surface area contributed by atoms with Crippen LogP contribution in [0.2, 0.25) is 0 Å². The van der Waals surface area contributed by atoms with Gasteiger partial charge in [0.15, 0.2) is 0 Å². The van der Waals surface area contributed by atoms with Gasteiger partial charge in [0.2, 0.25) is 0 Å². The Morgan fingerprint density at radius 2 is 1.81 bits per heavy atom. The van der Waals surface area contributed by atoms with E-state index in [0.29, 0.717) is 5.56 Å². The molecule has 0 saturated heterocycles. The largest absolute Gasteiger partial charge is 0.397 e. The summed E-state index contributed by atoms with van der Waals surface area (Å²) in [5.41, 5.74) is 8.56. The number of hydrogen-bond acceptors (Lipinski definition) is 4. The van der Waals surface area contributed by atoms with Gasteiger partial charge in [-0.3, -0.25) is 9.78 Å². The van der Waals surface area contributed by atoms with Crippen molar-refractivity contribution in [2.24, 2.45) is 5.73 Å². The number of carbonyl (C=O) groups is 1. The molecule has 128 valence electrons. The third-order valence-electron chi connectivity index (χ3n) is 4.19. The highest BCUT2D eigenvalue weighted by Gasteiger charge is 2.18. The fourth-order valence-corrected chi connectivity index (χ4v) is 2.79. The molecule has 0 aliphatic rings. The van der Waals surface area contributed by atoms with E-state index in [0.717, 1.165) is 16.5 Å². The lowest BCUT2D eigenvalue weighted by Gasteiger charge is -2.15. The van der Waals surface area contributed by atoms with Gasteiger partial charge in [0, 0.05) is 17.1 Å². The van der Waals surface area contributed by atoms with Crippen molar-refractivity contribution in [1.82, 2.24) is 10.3 Å². The van der Waals surface area contributed by atoms with E-state index in [1.54, 1.807) is 12.3 Å². The quantitative estimate of drug-likeness (QED) is 0.562. The third kappa shape index (κ3) is 3.40. The maximum Gasteiger partial charge on any atom is 0.264 e. The molecule has 3 N–H and O–H groups in total. The molecule has 3 aromatic rings. The molecule has 26 heavy (non-hydrogen) atoms. The summed E-state index contributed by atoms with van der Waals surface area (Å²) in [6.07, 6.45) is 1.62. The van der Waals surface area contributed by atoms with Crippen LogP contribution in [0.25, 0.3) is 16.6 Å². The molecule has 0 bridgehead atoms. The number of hydrogen-bond donors (Lipinski definition) is 2. The summed E-state index contributed by atoms with van der Waals surface area (Å²) < 4.78 is 0. The van der Waals surface area contributed by atoms with Crippen LogP contribution in [0.4, 0.5) is 0 Å². The molecule has 0 unspecified atom stereocenters. The van der Waals surface area contributed by atoms with E-state index in [4.69, 9.17) is 5.73 Å². The van der Waals surface area contributed by atoms with Gasteiger partial charge < -0.3 is 11.1 Å². The lowest BCUT2D eigenvalue weighted by atomic mass is 10.0. The van der Waals surface area contributed by atoms with Crippen LogP contribution in [0.5, 0.6) is 0 Å². The number of fused-ring (bicyclic) bond motifs is 1. The van der Waals surface area contributed by atoms with E-state index in [2.05, 4.69) is 10.3 Å².